The number of nitrogens with one attached hydrogen (secondary N) is 1. The number of benzene rings is 1. The highest BCUT2D eigenvalue weighted by atomic mass is 16.4. The fourth-order valence-corrected chi connectivity index (χ4v) is 2.97. The van der Waals surface area contributed by atoms with Gasteiger partial charge in [-0.05, 0) is 30.9 Å². The number of pyridine rings is 1. The van der Waals surface area contributed by atoms with Crippen LogP contribution in [0.4, 0.5) is 10.5 Å². The number of anilines is 1. The van der Waals surface area contributed by atoms with Crippen LogP contribution < -0.4 is 10.2 Å². The Morgan fingerprint density at radius 1 is 1.29 bits per heavy atom. The van der Waals surface area contributed by atoms with E-state index in [0.717, 1.165) is 31.4 Å². The third kappa shape index (κ3) is 3.07. The first-order chi connectivity index (χ1) is 10.2. The van der Waals surface area contributed by atoms with E-state index in [-0.39, 0.29) is 0 Å². The van der Waals surface area contributed by atoms with Crippen molar-refractivity contribution in [1.29, 1.82) is 0 Å². The Morgan fingerprint density at radius 3 is 2.81 bits per heavy atom. The zero-order valence-electron chi connectivity index (χ0n) is 11.8. The van der Waals surface area contributed by atoms with Crippen molar-refractivity contribution in [3.63, 3.8) is 0 Å². The Bertz CT molecular complexity index is 631. The molecule has 1 aromatic carbocycles. The predicted molar refractivity (Wildman–Crippen MR) is 82.7 cm³/mol. The molecule has 1 fully saturated rings. The molecule has 1 saturated heterocycles. The second-order valence-corrected chi connectivity index (χ2v) is 5.46. The summed E-state index contributed by atoms with van der Waals surface area (Å²) >= 11 is 0. The molecule has 1 aromatic heterocycles. The summed E-state index contributed by atoms with van der Waals surface area (Å²) in [5, 5.41) is 12.3. The minimum absolute atomic E-state index is 0.436. The maximum Gasteiger partial charge on any atom is 0.404 e. The van der Waals surface area contributed by atoms with Crippen LogP contribution in [0.25, 0.3) is 10.9 Å². The molecule has 2 heterocycles. The van der Waals surface area contributed by atoms with Gasteiger partial charge in [-0.3, -0.25) is 4.98 Å². The van der Waals surface area contributed by atoms with Crippen molar-refractivity contribution in [3.05, 3.63) is 36.5 Å². The number of rotatable bonds is 3. The summed E-state index contributed by atoms with van der Waals surface area (Å²) in [5.41, 5.74) is 2.25. The molecule has 21 heavy (non-hydrogen) atoms. The third-order valence-electron chi connectivity index (χ3n) is 4.12. The molecule has 0 bridgehead atoms. The molecule has 5 heteroatoms. The van der Waals surface area contributed by atoms with Gasteiger partial charge in [-0.1, -0.05) is 18.2 Å². The lowest BCUT2D eigenvalue weighted by atomic mass is 9.96. The second kappa shape index (κ2) is 5.99. The Morgan fingerprint density at radius 2 is 2.05 bits per heavy atom. The van der Waals surface area contributed by atoms with Crippen LogP contribution in [-0.4, -0.2) is 35.8 Å². The van der Waals surface area contributed by atoms with Crippen LogP contribution in [-0.2, 0) is 0 Å². The molecule has 3 rings (SSSR count). The quantitative estimate of drug-likeness (QED) is 0.910. The van der Waals surface area contributed by atoms with E-state index in [0.29, 0.717) is 12.5 Å². The minimum atomic E-state index is -0.933. The number of hydrogen-bond donors (Lipinski definition) is 2. The van der Waals surface area contributed by atoms with Gasteiger partial charge in [0.2, 0.25) is 0 Å². The number of piperidine rings is 1. The van der Waals surface area contributed by atoms with Crippen LogP contribution in [0.1, 0.15) is 12.8 Å². The zero-order chi connectivity index (χ0) is 14.7. The van der Waals surface area contributed by atoms with Gasteiger partial charge in [0.1, 0.15) is 0 Å². The fourth-order valence-electron chi connectivity index (χ4n) is 2.97. The molecule has 1 amide bonds. The summed E-state index contributed by atoms with van der Waals surface area (Å²) in [6.07, 6.45) is 2.95. The van der Waals surface area contributed by atoms with Crippen LogP contribution in [0.5, 0.6) is 0 Å². The van der Waals surface area contributed by atoms with E-state index >= 15 is 0 Å². The van der Waals surface area contributed by atoms with Crippen LogP contribution in [0.2, 0.25) is 0 Å². The normalized spacial score (nSPS) is 16.1. The van der Waals surface area contributed by atoms with E-state index in [1.165, 1.54) is 11.1 Å². The van der Waals surface area contributed by atoms with Gasteiger partial charge in [0.15, 0.2) is 0 Å². The summed E-state index contributed by atoms with van der Waals surface area (Å²) in [5.74, 6) is 0.436. The lowest BCUT2D eigenvalue weighted by Crippen LogP contribution is -2.38. The van der Waals surface area contributed by atoms with Crippen molar-refractivity contribution in [2.45, 2.75) is 12.8 Å². The van der Waals surface area contributed by atoms with Gasteiger partial charge in [0.05, 0.1) is 5.52 Å². The first kappa shape index (κ1) is 13.7. The Balaban J connectivity index is 1.70. The molecule has 0 saturated carbocycles. The number of fused-ring (bicyclic) bond motifs is 1. The van der Waals surface area contributed by atoms with Crippen molar-refractivity contribution in [2.75, 3.05) is 24.5 Å². The highest BCUT2D eigenvalue weighted by Crippen LogP contribution is 2.28. The summed E-state index contributed by atoms with van der Waals surface area (Å²) < 4.78 is 0. The summed E-state index contributed by atoms with van der Waals surface area (Å²) in [6, 6.07) is 10.2. The van der Waals surface area contributed by atoms with Gasteiger partial charge in [-0.2, -0.15) is 0 Å². The van der Waals surface area contributed by atoms with E-state index in [1.54, 1.807) is 0 Å². The smallest absolute Gasteiger partial charge is 0.404 e. The number of carboxylic acid groups (broad SMARTS) is 1. The molecule has 0 atom stereocenters. The van der Waals surface area contributed by atoms with Crippen molar-refractivity contribution in [1.82, 2.24) is 10.3 Å². The monoisotopic (exact) mass is 285 g/mol. The largest absolute Gasteiger partial charge is 0.465 e. The highest BCUT2D eigenvalue weighted by Gasteiger charge is 2.21. The maximum absolute atomic E-state index is 10.5. The Labute approximate surface area is 123 Å². The minimum Gasteiger partial charge on any atom is -0.465 e. The summed E-state index contributed by atoms with van der Waals surface area (Å²) in [6.45, 7) is 2.47. The van der Waals surface area contributed by atoms with Crippen molar-refractivity contribution >= 4 is 22.7 Å². The molecule has 110 valence electrons. The second-order valence-electron chi connectivity index (χ2n) is 5.46. The zero-order valence-corrected chi connectivity index (χ0v) is 11.8. The Kier molecular flexibility index (Phi) is 3.90. The molecular weight excluding hydrogens is 266 g/mol. The van der Waals surface area contributed by atoms with Gasteiger partial charge in [-0.25, -0.2) is 4.79 Å². The van der Waals surface area contributed by atoms with Gasteiger partial charge >= 0.3 is 6.09 Å². The lowest BCUT2D eigenvalue weighted by molar-refractivity contribution is 0.191. The van der Waals surface area contributed by atoms with Crippen molar-refractivity contribution in [3.8, 4) is 0 Å². The first-order valence-electron chi connectivity index (χ1n) is 7.29. The predicted octanol–water partition coefficient (Wildman–Crippen LogP) is 2.72. The van der Waals surface area contributed by atoms with Crippen LogP contribution in [0, 0.1) is 5.92 Å². The number of hydrogen-bond acceptors (Lipinski definition) is 3. The van der Waals surface area contributed by atoms with Gasteiger partial charge in [-0.15, -0.1) is 0 Å². The van der Waals surface area contributed by atoms with Crippen LogP contribution >= 0.6 is 0 Å². The molecule has 2 N–H and O–H groups in total. The number of carbonyl (C=O) groups is 1. The highest BCUT2D eigenvalue weighted by molar-refractivity contribution is 5.91. The summed E-state index contributed by atoms with van der Waals surface area (Å²) in [4.78, 5) is 17.3. The van der Waals surface area contributed by atoms with Gasteiger partial charge < -0.3 is 15.3 Å². The number of para-hydroxylation sites is 1. The summed E-state index contributed by atoms with van der Waals surface area (Å²) in [7, 11) is 0. The number of nitrogens with zero attached hydrogens (tertiary/aromatic N) is 2. The van der Waals surface area contributed by atoms with E-state index in [1.807, 2.05) is 24.4 Å². The number of aromatic nitrogens is 1. The lowest BCUT2D eigenvalue weighted by Gasteiger charge is -2.34. The molecule has 2 aromatic rings. The topological polar surface area (TPSA) is 65.5 Å². The third-order valence-corrected chi connectivity index (χ3v) is 4.12. The van der Waals surface area contributed by atoms with Crippen LogP contribution in [0.15, 0.2) is 36.5 Å². The molecule has 0 aliphatic carbocycles. The molecule has 1 aliphatic rings. The van der Waals surface area contributed by atoms with Gasteiger partial charge in [0, 0.05) is 36.9 Å². The first-order valence-corrected chi connectivity index (χ1v) is 7.29. The molecule has 0 radical (unpaired) electrons. The number of amides is 1. The Hall–Kier alpha value is -2.30. The maximum atomic E-state index is 10.5. The van der Waals surface area contributed by atoms with Crippen LogP contribution in [0.3, 0.4) is 0 Å². The van der Waals surface area contributed by atoms with Crippen molar-refractivity contribution < 1.29 is 9.90 Å². The van der Waals surface area contributed by atoms with Crippen molar-refractivity contribution in [2.24, 2.45) is 5.92 Å². The molecule has 5 nitrogen and oxygen atoms in total. The standard InChI is InChI=1S/C16H19N3O2/c20-16(21)18-11-12-6-9-19(10-7-12)15-5-8-17-14-4-2-1-3-13(14)15/h1-5,8,12,18H,6-7,9-11H2,(H,20,21). The molecule has 0 unspecified atom stereocenters. The van der Waals surface area contributed by atoms with E-state index in [9.17, 15) is 4.79 Å². The average Bonchev–Trinajstić information content (AvgIpc) is 2.53. The molecular formula is C16H19N3O2. The van der Waals surface area contributed by atoms with Gasteiger partial charge in [0.25, 0.3) is 0 Å². The van der Waals surface area contributed by atoms with E-state index < -0.39 is 6.09 Å². The SMILES string of the molecule is O=C(O)NCC1CCN(c2ccnc3ccccc23)CC1. The average molecular weight is 285 g/mol. The fraction of sp³-hybridized carbons (Fsp3) is 0.375. The molecule has 0 spiro atoms. The van der Waals surface area contributed by atoms with E-state index in [4.69, 9.17) is 5.11 Å². The molecule has 1 aliphatic heterocycles. The van der Waals surface area contributed by atoms with E-state index in [2.05, 4.69) is 27.3 Å².